The fourth-order valence-electron chi connectivity index (χ4n) is 3.79. The van der Waals surface area contributed by atoms with Crippen molar-refractivity contribution in [2.75, 3.05) is 46.8 Å². The van der Waals surface area contributed by atoms with Gasteiger partial charge in [0.05, 0.1) is 18.4 Å². The van der Waals surface area contributed by atoms with Crippen molar-refractivity contribution in [2.45, 2.75) is 6.54 Å². The van der Waals surface area contributed by atoms with Crippen LogP contribution in [0.2, 0.25) is 0 Å². The number of piperazine rings is 1. The topological polar surface area (TPSA) is 55.5 Å². The van der Waals surface area contributed by atoms with Gasteiger partial charge in [0, 0.05) is 57.9 Å². The van der Waals surface area contributed by atoms with E-state index in [4.69, 9.17) is 0 Å². The molecule has 1 saturated heterocycles. The average molecular weight is 377 g/mol. The monoisotopic (exact) mass is 377 g/mol. The minimum atomic E-state index is 0.168. The number of amides is 1. The summed E-state index contributed by atoms with van der Waals surface area (Å²) in [7, 11) is 3.62. The minimum Gasteiger partial charge on any atom is -0.348 e. The Kier molecular flexibility index (Phi) is 5.41. The molecule has 0 aliphatic carbocycles. The number of H-pyrrole nitrogens is 1. The molecule has 146 valence electrons. The van der Waals surface area contributed by atoms with Crippen LogP contribution in [0.15, 0.2) is 48.7 Å². The average Bonchev–Trinajstić information content (AvgIpc) is 3.16. The van der Waals surface area contributed by atoms with Crippen molar-refractivity contribution in [3.63, 3.8) is 0 Å². The maximum absolute atomic E-state index is 11.9. The number of fused-ring (bicyclic) bond motifs is 1. The molecule has 1 aliphatic heterocycles. The van der Waals surface area contributed by atoms with Crippen molar-refractivity contribution in [3.05, 3.63) is 54.2 Å². The summed E-state index contributed by atoms with van der Waals surface area (Å²) in [6, 6.07) is 14.9. The number of rotatable bonds is 5. The molecule has 0 radical (unpaired) electrons. The zero-order valence-electron chi connectivity index (χ0n) is 16.6. The normalized spacial score (nSPS) is 15.8. The number of aromatic nitrogens is 2. The summed E-state index contributed by atoms with van der Waals surface area (Å²) in [5, 5.41) is 10.0. The minimum absolute atomic E-state index is 0.168. The van der Waals surface area contributed by atoms with Crippen LogP contribution in [0.1, 0.15) is 5.56 Å². The van der Waals surface area contributed by atoms with Gasteiger partial charge in [0.1, 0.15) is 0 Å². The number of hydrogen-bond acceptors (Lipinski definition) is 4. The molecule has 1 aromatic heterocycles. The molecule has 28 heavy (non-hydrogen) atoms. The Morgan fingerprint density at radius 2 is 1.75 bits per heavy atom. The molecule has 0 bridgehead atoms. The molecular weight excluding hydrogens is 350 g/mol. The van der Waals surface area contributed by atoms with Gasteiger partial charge in [-0.25, -0.2) is 0 Å². The van der Waals surface area contributed by atoms with E-state index in [1.54, 1.807) is 4.90 Å². The quantitative estimate of drug-likeness (QED) is 0.742. The summed E-state index contributed by atoms with van der Waals surface area (Å²) < 4.78 is 0. The first-order chi connectivity index (χ1) is 13.6. The third-order valence-electron chi connectivity index (χ3n) is 5.49. The smallest absolute Gasteiger partial charge is 0.236 e. The van der Waals surface area contributed by atoms with Crippen molar-refractivity contribution in [2.24, 2.45) is 0 Å². The maximum Gasteiger partial charge on any atom is 0.236 e. The summed E-state index contributed by atoms with van der Waals surface area (Å²) in [6.45, 7) is 5.13. The maximum atomic E-state index is 11.9. The highest BCUT2D eigenvalue weighted by Gasteiger charge is 2.21. The number of aromatic amines is 1. The van der Waals surface area contributed by atoms with Crippen LogP contribution >= 0.6 is 0 Å². The lowest BCUT2D eigenvalue weighted by atomic mass is 10.00. The van der Waals surface area contributed by atoms with Gasteiger partial charge in [-0.3, -0.25) is 19.7 Å². The molecular formula is C22H27N5O. The zero-order chi connectivity index (χ0) is 19.5. The highest BCUT2D eigenvalue weighted by Crippen LogP contribution is 2.30. The molecule has 0 spiro atoms. The lowest BCUT2D eigenvalue weighted by molar-refractivity contribution is -0.130. The van der Waals surface area contributed by atoms with E-state index < -0.39 is 0 Å². The van der Waals surface area contributed by atoms with Gasteiger partial charge < -0.3 is 4.90 Å². The number of nitrogens with one attached hydrogen (secondary N) is 1. The van der Waals surface area contributed by atoms with Crippen molar-refractivity contribution >= 4 is 16.7 Å². The van der Waals surface area contributed by atoms with Crippen LogP contribution in [0, 0.1) is 0 Å². The van der Waals surface area contributed by atoms with E-state index in [1.807, 2.05) is 20.3 Å². The van der Waals surface area contributed by atoms with Crippen LogP contribution in [0.4, 0.5) is 0 Å². The van der Waals surface area contributed by atoms with Gasteiger partial charge in [-0.2, -0.15) is 5.10 Å². The highest BCUT2D eigenvalue weighted by atomic mass is 16.2. The Morgan fingerprint density at radius 3 is 2.54 bits per heavy atom. The van der Waals surface area contributed by atoms with Crippen LogP contribution in [-0.2, 0) is 11.3 Å². The van der Waals surface area contributed by atoms with Crippen molar-refractivity contribution in [1.29, 1.82) is 0 Å². The Labute approximate surface area is 165 Å². The molecule has 0 atom stereocenters. The van der Waals surface area contributed by atoms with Crippen LogP contribution < -0.4 is 0 Å². The Morgan fingerprint density at radius 1 is 1.04 bits per heavy atom. The molecule has 6 nitrogen and oxygen atoms in total. The van der Waals surface area contributed by atoms with Gasteiger partial charge in [0.15, 0.2) is 0 Å². The Hall–Kier alpha value is -2.70. The molecule has 4 rings (SSSR count). The Bertz CT molecular complexity index is 951. The molecule has 1 N–H and O–H groups in total. The number of hydrogen-bond donors (Lipinski definition) is 1. The first-order valence-corrected chi connectivity index (χ1v) is 9.77. The molecule has 2 heterocycles. The number of nitrogens with zero attached hydrogens (tertiary/aromatic N) is 4. The van der Waals surface area contributed by atoms with Crippen LogP contribution in [0.25, 0.3) is 22.0 Å². The fourth-order valence-corrected chi connectivity index (χ4v) is 3.79. The fraction of sp³-hybridized carbons (Fsp3) is 0.364. The summed E-state index contributed by atoms with van der Waals surface area (Å²) >= 11 is 0. The molecule has 1 aliphatic rings. The summed E-state index contributed by atoms with van der Waals surface area (Å²) in [5.41, 5.74) is 3.51. The van der Waals surface area contributed by atoms with E-state index >= 15 is 0 Å². The van der Waals surface area contributed by atoms with E-state index in [-0.39, 0.29) is 5.91 Å². The second-order valence-electron chi connectivity index (χ2n) is 7.64. The number of carbonyl (C=O) groups is 1. The third-order valence-corrected chi connectivity index (χ3v) is 5.49. The highest BCUT2D eigenvalue weighted by molar-refractivity contribution is 5.96. The number of likely N-dealkylation sites (N-methyl/N-ethyl adjacent to an activating group) is 1. The predicted octanol–water partition coefficient (Wildman–Crippen LogP) is 2.44. The van der Waals surface area contributed by atoms with Gasteiger partial charge in [-0.1, -0.05) is 42.5 Å². The molecule has 2 aromatic carbocycles. The molecule has 0 unspecified atom stereocenters. The number of carbonyl (C=O) groups excluding carboxylic acids is 1. The van der Waals surface area contributed by atoms with Crippen LogP contribution in [0.5, 0.6) is 0 Å². The summed E-state index contributed by atoms with van der Waals surface area (Å²) in [5.74, 6) is 0.168. The van der Waals surface area contributed by atoms with Crippen molar-refractivity contribution < 1.29 is 4.79 Å². The lowest BCUT2D eigenvalue weighted by Crippen LogP contribution is -2.48. The number of benzene rings is 2. The molecule has 1 amide bonds. The van der Waals surface area contributed by atoms with E-state index in [9.17, 15) is 4.79 Å². The molecule has 0 saturated carbocycles. The standard InChI is InChI=1S/C22H27N5O/c1-25(2)21(28)16-27-12-10-26(11-13-27)15-18-14-23-24-22(18)20-9-5-7-17-6-3-4-8-19(17)20/h3-9,14H,10-13,15-16H2,1-2H3,(H,23,24). The van der Waals surface area contributed by atoms with Gasteiger partial charge in [0.25, 0.3) is 0 Å². The van der Waals surface area contributed by atoms with Crippen molar-refractivity contribution in [1.82, 2.24) is 24.9 Å². The van der Waals surface area contributed by atoms with Gasteiger partial charge in [0.2, 0.25) is 5.91 Å². The van der Waals surface area contributed by atoms with E-state index in [0.717, 1.165) is 38.4 Å². The van der Waals surface area contributed by atoms with Crippen LogP contribution in [-0.4, -0.2) is 77.6 Å². The Balaban J connectivity index is 1.45. The van der Waals surface area contributed by atoms with Gasteiger partial charge >= 0.3 is 0 Å². The molecule has 3 aromatic rings. The molecule has 6 heteroatoms. The van der Waals surface area contributed by atoms with E-state index in [2.05, 4.69) is 62.5 Å². The first kappa shape index (κ1) is 18.7. The second-order valence-corrected chi connectivity index (χ2v) is 7.64. The molecule has 1 fully saturated rings. The summed E-state index contributed by atoms with van der Waals surface area (Å²) in [4.78, 5) is 18.3. The summed E-state index contributed by atoms with van der Waals surface area (Å²) in [6.07, 6.45) is 1.94. The first-order valence-electron chi connectivity index (χ1n) is 9.77. The van der Waals surface area contributed by atoms with E-state index in [0.29, 0.717) is 6.54 Å². The van der Waals surface area contributed by atoms with Crippen LogP contribution in [0.3, 0.4) is 0 Å². The SMILES string of the molecule is CN(C)C(=O)CN1CCN(Cc2cn[nH]c2-c2cccc3ccccc23)CC1. The zero-order valence-corrected chi connectivity index (χ0v) is 16.6. The van der Waals surface area contributed by atoms with Gasteiger partial charge in [-0.15, -0.1) is 0 Å². The third kappa shape index (κ3) is 3.93. The van der Waals surface area contributed by atoms with E-state index in [1.165, 1.54) is 21.9 Å². The largest absolute Gasteiger partial charge is 0.348 e. The van der Waals surface area contributed by atoms with Gasteiger partial charge in [-0.05, 0) is 10.8 Å². The van der Waals surface area contributed by atoms with Crippen molar-refractivity contribution in [3.8, 4) is 11.3 Å². The predicted molar refractivity (Wildman–Crippen MR) is 112 cm³/mol. The second kappa shape index (κ2) is 8.12. The lowest BCUT2D eigenvalue weighted by Gasteiger charge is -2.34.